The molecule has 1 aromatic carbocycles. The highest BCUT2D eigenvalue weighted by atomic mass is 16.2. The molecule has 0 saturated carbocycles. The fraction of sp³-hybridized carbons (Fsp3) is 0.529. The maximum Gasteiger partial charge on any atom is 0.238 e. The normalized spacial score (nSPS) is 19.2. The molecule has 1 unspecified atom stereocenters. The number of rotatable bonds is 3. The molecule has 1 amide bonds. The van der Waals surface area contributed by atoms with Crippen molar-refractivity contribution in [3.63, 3.8) is 0 Å². The Morgan fingerprint density at radius 1 is 1.43 bits per heavy atom. The number of amides is 1. The van der Waals surface area contributed by atoms with Gasteiger partial charge in [0.1, 0.15) is 6.07 Å². The van der Waals surface area contributed by atoms with Gasteiger partial charge < -0.3 is 5.32 Å². The van der Waals surface area contributed by atoms with Crippen LogP contribution in [0.4, 0.5) is 5.69 Å². The molecule has 0 aliphatic carbocycles. The molecule has 1 aliphatic rings. The maximum absolute atomic E-state index is 12.1. The number of benzene rings is 1. The first-order chi connectivity index (χ1) is 9.90. The van der Waals surface area contributed by atoms with E-state index in [0.29, 0.717) is 29.1 Å². The van der Waals surface area contributed by atoms with Crippen molar-refractivity contribution in [2.24, 2.45) is 11.3 Å². The summed E-state index contributed by atoms with van der Waals surface area (Å²) in [5.41, 5.74) is 1.38. The summed E-state index contributed by atoms with van der Waals surface area (Å²) in [6.45, 7) is 9.09. The quantitative estimate of drug-likeness (QED) is 0.929. The Labute approximate surface area is 126 Å². The lowest BCUT2D eigenvalue weighted by Crippen LogP contribution is -2.33. The fourth-order valence-electron chi connectivity index (χ4n) is 2.77. The van der Waals surface area contributed by atoms with Gasteiger partial charge >= 0.3 is 0 Å². The average Bonchev–Trinajstić information content (AvgIpc) is 2.87. The molecule has 112 valence electrons. The van der Waals surface area contributed by atoms with Crippen molar-refractivity contribution in [2.45, 2.75) is 27.2 Å². The Kier molecular flexibility index (Phi) is 4.64. The lowest BCUT2D eigenvalue weighted by molar-refractivity contribution is -0.117. The Morgan fingerprint density at radius 2 is 2.14 bits per heavy atom. The minimum atomic E-state index is -0.0488. The average molecular weight is 285 g/mol. The van der Waals surface area contributed by atoms with Crippen LogP contribution < -0.4 is 5.32 Å². The summed E-state index contributed by atoms with van der Waals surface area (Å²) in [5.74, 6) is 0.587. The van der Waals surface area contributed by atoms with Crippen LogP contribution in [0.25, 0.3) is 0 Å². The van der Waals surface area contributed by atoms with Gasteiger partial charge in [-0.2, -0.15) is 5.26 Å². The number of para-hydroxylation sites is 1. The molecule has 4 nitrogen and oxygen atoms in total. The fourth-order valence-corrected chi connectivity index (χ4v) is 2.77. The lowest BCUT2D eigenvalue weighted by atomic mass is 9.80. The van der Waals surface area contributed by atoms with Crippen LogP contribution in [-0.2, 0) is 4.79 Å². The molecule has 21 heavy (non-hydrogen) atoms. The van der Waals surface area contributed by atoms with E-state index < -0.39 is 0 Å². The summed E-state index contributed by atoms with van der Waals surface area (Å²) in [6.07, 6.45) is 1.14. The number of carbonyl (C=O) groups is 1. The van der Waals surface area contributed by atoms with Crippen molar-refractivity contribution in [1.29, 1.82) is 5.26 Å². The lowest BCUT2D eigenvalue weighted by Gasteiger charge is -2.27. The van der Waals surface area contributed by atoms with Gasteiger partial charge in [-0.25, -0.2) is 0 Å². The molecule has 2 rings (SSSR count). The monoisotopic (exact) mass is 285 g/mol. The highest BCUT2D eigenvalue weighted by molar-refractivity contribution is 5.93. The summed E-state index contributed by atoms with van der Waals surface area (Å²) >= 11 is 0. The van der Waals surface area contributed by atoms with Crippen molar-refractivity contribution >= 4 is 11.6 Å². The van der Waals surface area contributed by atoms with Gasteiger partial charge in [0.15, 0.2) is 0 Å². The van der Waals surface area contributed by atoms with E-state index in [-0.39, 0.29) is 5.91 Å². The Bertz CT molecular complexity index is 554. The first-order valence-corrected chi connectivity index (χ1v) is 7.41. The smallest absolute Gasteiger partial charge is 0.238 e. The predicted molar refractivity (Wildman–Crippen MR) is 83.8 cm³/mol. The van der Waals surface area contributed by atoms with E-state index in [1.807, 2.05) is 6.07 Å². The molecule has 0 bridgehead atoms. The van der Waals surface area contributed by atoms with Gasteiger partial charge in [0.05, 0.1) is 17.8 Å². The second-order valence-corrected chi connectivity index (χ2v) is 6.79. The van der Waals surface area contributed by atoms with Crippen molar-refractivity contribution in [3.8, 4) is 6.07 Å². The van der Waals surface area contributed by atoms with Gasteiger partial charge in [-0.05, 0) is 36.4 Å². The molecule has 1 atom stereocenters. The third-order valence-electron chi connectivity index (χ3n) is 4.19. The second-order valence-electron chi connectivity index (χ2n) is 6.79. The van der Waals surface area contributed by atoms with E-state index in [0.717, 1.165) is 19.5 Å². The molecule has 1 heterocycles. The number of anilines is 1. The third kappa shape index (κ3) is 4.05. The summed E-state index contributed by atoms with van der Waals surface area (Å²) in [6, 6.07) is 9.18. The van der Waals surface area contributed by atoms with Crippen molar-refractivity contribution in [3.05, 3.63) is 29.8 Å². The number of nitriles is 1. The first-order valence-electron chi connectivity index (χ1n) is 7.41. The molecule has 1 fully saturated rings. The predicted octanol–water partition coefficient (Wildman–Crippen LogP) is 2.86. The Morgan fingerprint density at radius 3 is 2.76 bits per heavy atom. The topological polar surface area (TPSA) is 56.1 Å². The highest BCUT2D eigenvalue weighted by Gasteiger charge is 2.32. The number of likely N-dealkylation sites (tertiary alicyclic amines) is 1. The van der Waals surface area contributed by atoms with Crippen LogP contribution in [0.1, 0.15) is 32.8 Å². The minimum absolute atomic E-state index is 0.0488. The van der Waals surface area contributed by atoms with Gasteiger partial charge in [0, 0.05) is 6.54 Å². The maximum atomic E-state index is 12.1. The van der Waals surface area contributed by atoms with Gasteiger partial charge in [-0.15, -0.1) is 0 Å². The summed E-state index contributed by atoms with van der Waals surface area (Å²) in [4.78, 5) is 14.3. The van der Waals surface area contributed by atoms with Gasteiger partial charge in [-0.3, -0.25) is 9.69 Å². The molecule has 1 N–H and O–H groups in total. The SMILES string of the molecule is CC(C)(C)C1CCN(CC(=O)Nc2ccccc2C#N)C1. The van der Waals surface area contributed by atoms with Crippen molar-refractivity contribution in [1.82, 2.24) is 4.90 Å². The van der Waals surface area contributed by atoms with Crippen LogP contribution in [-0.4, -0.2) is 30.4 Å². The van der Waals surface area contributed by atoms with Gasteiger partial charge in [0.2, 0.25) is 5.91 Å². The van der Waals surface area contributed by atoms with Crippen LogP contribution in [0.15, 0.2) is 24.3 Å². The third-order valence-corrected chi connectivity index (χ3v) is 4.19. The van der Waals surface area contributed by atoms with Gasteiger partial charge in [-0.1, -0.05) is 32.9 Å². The molecular weight excluding hydrogens is 262 g/mol. The Hall–Kier alpha value is -1.86. The molecule has 0 spiro atoms. The second kappa shape index (κ2) is 6.28. The van der Waals surface area contributed by atoms with E-state index >= 15 is 0 Å². The van der Waals surface area contributed by atoms with Crippen LogP contribution in [0.3, 0.4) is 0 Å². The minimum Gasteiger partial charge on any atom is -0.324 e. The zero-order valence-electron chi connectivity index (χ0n) is 13.0. The number of hydrogen-bond donors (Lipinski definition) is 1. The van der Waals surface area contributed by atoms with Crippen molar-refractivity contribution in [2.75, 3.05) is 25.0 Å². The van der Waals surface area contributed by atoms with E-state index in [9.17, 15) is 4.79 Å². The number of nitrogens with one attached hydrogen (secondary N) is 1. The van der Waals surface area contributed by atoms with E-state index in [1.54, 1.807) is 18.2 Å². The summed E-state index contributed by atoms with van der Waals surface area (Å²) < 4.78 is 0. The number of hydrogen-bond acceptors (Lipinski definition) is 3. The number of nitrogens with zero attached hydrogens (tertiary/aromatic N) is 2. The number of carbonyl (C=O) groups excluding carboxylic acids is 1. The summed E-state index contributed by atoms with van der Waals surface area (Å²) in [5, 5.41) is 11.9. The first kappa shape index (κ1) is 15.5. The van der Waals surface area contributed by atoms with Crippen LogP contribution in [0, 0.1) is 22.7 Å². The standard InChI is InChI=1S/C17H23N3O/c1-17(2,3)14-8-9-20(11-14)12-16(21)19-15-7-5-4-6-13(15)10-18/h4-7,14H,8-9,11-12H2,1-3H3,(H,19,21). The Balaban J connectivity index is 1.90. The zero-order chi connectivity index (χ0) is 15.5. The van der Waals surface area contributed by atoms with Crippen LogP contribution >= 0.6 is 0 Å². The van der Waals surface area contributed by atoms with Crippen LogP contribution in [0.2, 0.25) is 0 Å². The molecule has 0 radical (unpaired) electrons. The van der Waals surface area contributed by atoms with Crippen molar-refractivity contribution < 1.29 is 4.79 Å². The molecule has 1 saturated heterocycles. The van der Waals surface area contributed by atoms with E-state index in [1.165, 1.54) is 0 Å². The van der Waals surface area contributed by atoms with Gasteiger partial charge in [0.25, 0.3) is 0 Å². The summed E-state index contributed by atoms with van der Waals surface area (Å²) in [7, 11) is 0. The molecule has 1 aliphatic heterocycles. The molecule has 1 aromatic rings. The molecule has 0 aromatic heterocycles. The largest absolute Gasteiger partial charge is 0.324 e. The highest BCUT2D eigenvalue weighted by Crippen LogP contribution is 2.33. The van der Waals surface area contributed by atoms with E-state index in [2.05, 4.69) is 37.1 Å². The van der Waals surface area contributed by atoms with Crippen LogP contribution in [0.5, 0.6) is 0 Å². The zero-order valence-corrected chi connectivity index (χ0v) is 13.0. The molecule has 4 heteroatoms. The molecular formula is C17H23N3O. The van der Waals surface area contributed by atoms with E-state index in [4.69, 9.17) is 5.26 Å².